The van der Waals surface area contributed by atoms with Crippen LogP contribution in [0.15, 0.2) is 6.20 Å². The summed E-state index contributed by atoms with van der Waals surface area (Å²) in [5.74, 6) is -2.22. The highest BCUT2D eigenvalue weighted by Gasteiger charge is 2.25. The maximum atomic E-state index is 13.6. The van der Waals surface area contributed by atoms with E-state index in [0.717, 1.165) is 13.3 Å². The highest BCUT2D eigenvalue weighted by molar-refractivity contribution is 9.08. The Morgan fingerprint density at radius 2 is 2.25 bits per heavy atom. The number of ether oxygens (including phenoxy) is 1. The van der Waals surface area contributed by atoms with Crippen LogP contribution in [0.4, 0.5) is 13.2 Å². The predicted molar refractivity (Wildman–Crippen MR) is 53.1 cm³/mol. The Morgan fingerprint density at radius 3 is 2.69 bits per heavy atom. The molecule has 16 heavy (non-hydrogen) atoms. The molecule has 0 amide bonds. The molecule has 1 aromatic rings. The van der Waals surface area contributed by atoms with Gasteiger partial charge < -0.3 is 4.74 Å². The van der Waals surface area contributed by atoms with E-state index in [0.29, 0.717) is 0 Å². The van der Waals surface area contributed by atoms with E-state index in [-0.39, 0.29) is 11.0 Å². The molecule has 3 nitrogen and oxygen atoms in total. The van der Waals surface area contributed by atoms with Crippen molar-refractivity contribution in [2.24, 2.45) is 0 Å². The molecule has 1 aromatic heterocycles. The summed E-state index contributed by atoms with van der Waals surface area (Å²) in [4.78, 5) is 14.7. The average molecular weight is 298 g/mol. The van der Waals surface area contributed by atoms with Crippen molar-refractivity contribution in [1.82, 2.24) is 4.98 Å². The number of rotatable bonds is 3. The van der Waals surface area contributed by atoms with E-state index >= 15 is 0 Å². The van der Waals surface area contributed by atoms with Crippen LogP contribution < -0.4 is 0 Å². The number of halogens is 4. The first-order valence-electron chi connectivity index (χ1n) is 4.12. The molecule has 0 fully saturated rings. The van der Waals surface area contributed by atoms with Crippen molar-refractivity contribution in [3.63, 3.8) is 0 Å². The first kappa shape index (κ1) is 13.0. The second-order valence-corrected chi connectivity index (χ2v) is 3.34. The van der Waals surface area contributed by atoms with Crippen molar-refractivity contribution in [3.05, 3.63) is 28.8 Å². The van der Waals surface area contributed by atoms with Gasteiger partial charge in [-0.2, -0.15) is 0 Å². The zero-order valence-electron chi connectivity index (χ0n) is 8.14. The molecular formula is C9H7BrF3NO2. The molecule has 0 unspecified atom stereocenters. The molecule has 7 heteroatoms. The summed E-state index contributed by atoms with van der Waals surface area (Å²) >= 11 is 2.93. The molecule has 0 spiro atoms. The number of aromatic nitrogens is 1. The van der Waals surface area contributed by atoms with Crippen LogP contribution in [0.1, 0.15) is 28.0 Å². The van der Waals surface area contributed by atoms with Crippen LogP contribution in [0.5, 0.6) is 0 Å². The first-order chi connectivity index (χ1) is 7.52. The lowest BCUT2D eigenvalue weighted by atomic mass is 10.1. The van der Waals surface area contributed by atoms with Crippen LogP contribution in [-0.2, 0) is 10.1 Å². The third-order valence-corrected chi connectivity index (χ3v) is 2.40. The van der Waals surface area contributed by atoms with Gasteiger partial charge in [0.25, 0.3) is 6.43 Å². The third kappa shape index (κ3) is 2.34. The van der Waals surface area contributed by atoms with Crippen LogP contribution in [0.2, 0.25) is 0 Å². The van der Waals surface area contributed by atoms with E-state index in [1.807, 2.05) is 0 Å². The van der Waals surface area contributed by atoms with E-state index in [1.54, 1.807) is 0 Å². The molecule has 0 N–H and O–H groups in total. The molecule has 0 radical (unpaired) electrons. The Balaban J connectivity index is 3.42. The van der Waals surface area contributed by atoms with Gasteiger partial charge in [0.05, 0.1) is 18.4 Å². The number of esters is 1. The molecule has 0 saturated carbocycles. The van der Waals surface area contributed by atoms with E-state index in [9.17, 15) is 18.0 Å². The SMILES string of the molecule is COC(=O)c1c(C(F)F)cnc(CBr)c1F. The Kier molecular flexibility index (Phi) is 4.28. The van der Waals surface area contributed by atoms with E-state index < -0.39 is 29.3 Å². The maximum Gasteiger partial charge on any atom is 0.341 e. The van der Waals surface area contributed by atoms with Crippen molar-refractivity contribution < 1.29 is 22.7 Å². The molecule has 0 aliphatic heterocycles. The van der Waals surface area contributed by atoms with E-state index in [4.69, 9.17) is 0 Å². The largest absolute Gasteiger partial charge is 0.465 e. The van der Waals surface area contributed by atoms with Gasteiger partial charge in [-0.15, -0.1) is 0 Å². The molecule has 0 aromatic carbocycles. The van der Waals surface area contributed by atoms with Gasteiger partial charge in [-0.05, 0) is 0 Å². The number of pyridine rings is 1. The standard InChI is InChI=1S/C9H7BrF3NO2/c1-16-9(15)6-4(8(12)13)3-14-5(2-10)7(6)11/h3,8H,2H2,1H3. The minimum absolute atomic E-state index is 0.0202. The smallest absolute Gasteiger partial charge is 0.341 e. The minimum atomic E-state index is -2.99. The van der Waals surface area contributed by atoms with Crippen molar-refractivity contribution in [1.29, 1.82) is 0 Å². The van der Waals surface area contributed by atoms with Gasteiger partial charge in [0.2, 0.25) is 0 Å². The number of alkyl halides is 3. The summed E-state index contributed by atoms with van der Waals surface area (Å²) in [6.45, 7) is 0. The molecule has 0 aliphatic rings. The number of methoxy groups -OCH3 is 1. The van der Waals surface area contributed by atoms with Gasteiger partial charge in [0.15, 0.2) is 5.82 Å². The highest BCUT2D eigenvalue weighted by Crippen LogP contribution is 2.26. The van der Waals surface area contributed by atoms with Gasteiger partial charge in [-0.25, -0.2) is 18.0 Å². The fraction of sp³-hybridized carbons (Fsp3) is 0.333. The summed E-state index contributed by atoms with van der Waals surface area (Å²) in [6.07, 6.45) is -2.21. The molecule has 88 valence electrons. The molecule has 0 saturated heterocycles. The van der Waals surface area contributed by atoms with Crippen LogP contribution in [0.25, 0.3) is 0 Å². The fourth-order valence-electron chi connectivity index (χ4n) is 1.11. The Labute approximate surface area is 97.8 Å². The van der Waals surface area contributed by atoms with Gasteiger partial charge >= 0.3 is 5.97 Å². The number of carbonyl (C=O) groups is 1. The maximum absolute atomic E-state index is 13.6. The molecule has 1 heterocycles. The van der Waals surface area contributed by atoms with E-state index in [2.05, 4.69) is 25.7 Å². The van der Waals surface area contributed by atoms with Crippen LogP contribution >= 0.6 is 15.9 Å². The lowest BCUT2D eigenvalue weighted by Crippen LogP contribution is -2.12. The number of hydrogen-bond donors (Lipinski definition) is 0. The molecule has 0 bridgehead atoms. The van der Waals surface area contributed by atoms with Crippen LogP contribution in [0, 0.1) is 5.82 Å². The Morgan fingerprint density at radius 1 is 1.62 bits per heavy atom. The zero-order valence-corrected chi connectivity index (χ0v) is 9.72. The van der Waals surface area contributed by atoms with Crippen molar-refractivity contribution in [2.45, 2.75) is 11.8 Å². The lowest BCUT2D eigenvalue weighted by molar-refractivity contribution is 0.0582. The predicted octanol–water partition coefficient (Wildman–Crippen LogP) is 2.84. The van der Waals surface area contributed by atoms with Gasteiger partial charge in [0.1, 0.15) is 5.56 Å². The summed E-state index contributed by atoms with van der Waals surface area (Å²) in [7, 11) is 0.991. The molecule has 1 rings (SSSR count). The second-order valence-electron chi connectivity index (χ2n) is 2.78. The summed E-state index contributed by atoms with van der Waals surface area (Å²) in [5.41, 5.74) is -1.65. The minimum Gasteiger partial charge on any atom is -0.465 e. The van der Waals surface area contributed by atoms with Crippen molar-refractivity contribution in [2.75, 3.05) is 7.11 Å². The third-order valence-electron chi connectivity index (χ3n) is 1.87. The Bertz CT molecular complexity index is 412. The number of hydrogen-bond acceptors (Lipinski definition) is 3. The summed E-state index contributed by atoms with van der Waals surface area (Å²) in [5, 5.41) is 0.0202. The van der Waals surface area contributed by atoms with Gasteiger partial charge in [-0.3, -0.25) is 4.98 Å². The molecular weight excluding hydrogens is 291 g/mol. The summed E-state index contributed by atoms with van der Waals surface area (Å²) < 4.78 is 42.9. The zero-order chi connectivity index (χ0) is 12.3. The van der Waals surface area contributed by atoms with E-state index in [1.165, 1.54) is 0 Å². The molecule has 0 aliphatic carbocycles. The van der Waals surface area contributed by atoms with Crippen LogP contribution in [-0.4, -0.2) is 18.1 Å². The lowest BCUT2D eigenvalue weighted by Gasteiger charge is -2.09. The second kappa shape index (κ2) is 5.29. The monoisotopic (exact) mass is 297 g/mol. The number of nitrogens with zero attached hydrogens (tertiary/aromatic N) is 1. The first-order valence-corrected chi connectivity index (χ1v) is 5.24. The quantitative estimate of drug-likeness (QED) is 0.636. The highest BCUT2D eigenvalue weighted by atomic mass is 79.9. The molecule has 0 atom stereocenters. The average Bonchev–Trinajstić information content (AvgIpc) is 2.27. The Hall–Kier alpha value is -1.11. The fourth-order valence-corrected chi connectivity index (χ4v) is 1.50. The number of carbonyl (C=O) groups excluding carboxylic acids is 1. The van der Waals surface area contributed by atoms with Crippen molar-refractivity contribution in [3.8, 4) is 0 Å². The summed E-state index contributed by atoms with van der Waals surface area (Å²) in [6, 6.07) is 0. The van der Waals surface area contributed by atoms with Gasteiger partial charge in [-0.1, -0.05) is 15.9 Å². The topological polar surface area (TPSA) is 39.2 Å². The van der Waals surface area contributed by atoms with Crippen LogP contribution in [0.3, 0.4) is 0 Å². The normalized spacial score (nSPS) is 10.6. The van der Waals surface area contributed by atoms with Crippen molar-refractivity contribution >= 4 is 21.9 Å². The van der Waals surface area contributed by atoms with Gasteiger partial charge in [0, 0.05) is 11.5 Å².